The van der Waals surface area contributed by atoms with Crippen LogP contribution in [0, 0.1) is 0 Å². The number of rotatable bonds is 2. The van der Waals surface area contributed by atoms with Crippen molar-refractivity contribution >= 4 is 27.4 Å². The zero-order chi connectivity index (χ0) is 6.69. The summed E-state index contributed by atoms with van der Waals surface area (Å²) < 4.78 is 2.86. The second-order valence-corrected chi connectivity index (χ2v) is 11.2. The van der Waals surface area contributed by atoms with E-state index in [0.29, 0.717) is 4.18 Å². The molecule has 0 atom stereocenters. The van der Waals surface area contributed by atoms with Crippen molar-refractivity contribution in [2.24, 2.45) is 0 Å². The minimum absolute atomic E-state index is 0.536. The third-order valence-corrected chi connectivity index (χ3v) is 9.57. The molecule has 9 heavy (non-hydrogen) atoms. The molecular formula is C6H9InO2. The van der Waals surface area contributed by atoms with E-state index in [9.17, 15) is 4.79 Å². The van der Waals surface area contributed by atoms with Crippen LogP contribution in [0.4, 0.5) is 0 Å². The summed E-state index contributed by atoms with van der Waals surface area (Å²) in [6.45, 7) is 0. The zero-order valence-electron chi connectivity index (χ0n) is 5.21. The molecule has 0 unspecified atom stereocenters. The van der Waals surface area contributed by atoms with E-state index in [0.717, 1.165) is 8.35 Å². The topological polar surface area (TPSA) is 37.3 Å². The number of carboxylic acids is 1. The molecular weight excluding hydrogens is 219 g/mol. The SMILES string of the molecule is O=C(O)[CH2][In]1[CH2]C=C[CH2]1. The molecule has 0 saturated heterocycles. The van der Waals surface area contributed by atoms with Crippen molar-refractivity contribution in [3.05, 3.63) is 12.2 Å². The van der Waals surface area contributed by atoms with Crippen LogP contribution in [-0.2, 0) is 4.79 Å². The Morgan fingerprint density at radius 3 is 2.56 bits per heavy atom. The maximum absolute atomic E-state index is 10.2. The summed E-state index contributed by atoms with van der Waals surface area (Å²) in [7, 11) is 0. The standard InChI is InChI=1S/C4H6.C2H3O2.In/c1-3-4-2;1-2(3)4;/h3-4H,1-2H2;1H2,(H,3,4);. The Morgan fingerprint density at radius 2 is 2.11 bits per heavy atom. The van der Waals surface area contributed by atoms with Gasteiger partial charge in [0.2, 0.25) is 0 Å². The fourth-order valence-electron chi connectivity index (χ4n) is 1.09. The van der Waals surface area contributed by atoms with Crippen molar-refractivity contribution in [3.8, 4) is 0 Å². The van der Waals surface area contributed by atoms with Crippen molar-refractivity contribution in [1.29, 1.82) is 0 Å². The van der Waals surface area contributed by atoms with E-state index in [2.05, 4.69) is 12.2 Å². The molecule has 0 aromatic rings. The second kappa shape index (κ2) is 3.30. The predicted octanol–water partition coefficient (Wildman–Crippen LogP) is 1.14. The normalized spacial score (nSPS) is 16.7. The summed E-state index contributed by atoms with van der Waals surface area (Å²) in [4.78, 5) is 10.2. The minimum atomic E-state index is -1.48. The third kappa shape index (κ3) is 2.43. The van der Waals surface area contributed by atoms with Gasteiger partial charge in [0.15, 0.2) is 0 Å². The van der Waals surface area contributed by atoms with Crippen LogP contribution in [0.3, 0.4) is 0 Å². The van der Waals surface area contributed by atoms with Gasteiger partial charge in [0.05, 0.1) is 0 Å². The number of carboxylic acid groups (broad SMARTS) is 1. The van der Waals surface area contributed by atoms with E-state index in [1.54, 1.807) is 0 Å². The maximum atomic E-state index is 10.2. The fraction of sp³-hybridized carbons (Fsp3) is 0.500. The van der Waals surface area contributed by atoms with Crippen molar-refractivity contribution in [2.45, 2.75) is 12.5 Å². The monoisotopic (exact) mass is 228 g/mol. The first-order valence-corrected chi connectivity index (χ1v) is 10.1. The van der Waals surface area contributed by atoms with Gasteiger partial charge >= 0.3 is 62.0 Å². The Kier molecular flexibility index (Phi) is 2.64. The summed E-state index contributed by atoms with van der Waals surface area (Å²) in [5.74, 6) is -0.584. The first-order valence-electron chi connectivity index (χ1n) is 3.16. The molecule has 0 fully saturated rings. The number of hydrogen-bond donors (Lipinski definition) is 1. The van der Waals surface area contributed by atoms with Gasteiger partial charge in [-0.3, -0.25) is 0 Å². The van der Waals surface area contributed by atoms with Crippen LogP contribution in [0.15, 0.2) is 12.2 Å². The van der Waals surface area contributed by atoms with Crippen LogP contribution in [0.25, 0.3) is 0 Å². The van der Waals surface area contributed by atoms with E-state index in [4.69, 9.17) is 5.11 Å². The molecule has 0 saturated carbocycles. The second-order valence-electron chi connectivity index (χ2n) is 2.41. The Balaban J connectivity index is 2.22. The summed E-state index contributed by atoms with van der Waals surface area (Å²) in [6, 6.07) is 0. The third-order valence-electron chi connectivity index (χ3n) is 1.57. The van der Waals surface area contributed by atoms with E-state index in [1.165, 1.54) is 0 Å². The van der Waals surface area contributed by atoms with Gasteiger partial charge in [-0.1, -0.05) is 0 Å². The van der Waals surface area contributed by atoms with Gasteiger partial charge in [0, 0.05) is 0 Å². The Labute approximate surface area is 62.1 Å². The molecule has 1 aliphatic heterocycles. The van der Waals surface area contributed by atoms with Gasteiger partial charge in [-0.25, -0.2) is 0 Å². The quantitative estimate of drug-likeness (QED) is 0.719. The van der Waals surface area contributed by atoms with Crippen molar-refractivity contribution in [3.63, 3.8) is 0 Å². The Morgan fingerprint density at radius 1 is 1.56 bits per heavy atom. The molecule has 3 heteroatoms. The number of hydrogen-bond acceptors (Lipinski definition) is 1. The van der Waals surface area contributed by atoms with E-state index in [-0.39, 0.29) is 0 Å². The van der Waals surface area contributed by atoms with E-state index >= 15 is 0 Å². The molecule has 1 N–H and O–H groups in total. The molecule has 2 nitrogen and oxygen atoms in total. The van der Waals surface area contributed by atoms with Gasteiger partial charge in [0.1, 0.15) is 0 Å². The average Bonchev–Trinajstić information content (AvgIpc) is 2.15. The first kappa shape index (κ1) is 7.19. The Hall–Kier alpha value is 0.0801. The molecule has 0 bridgehead atoms. The van der Waals surface area contributed by atoms with Crippen molar-refractivity contribution < 1.29 is 9.90 Å². The van der Waals surface area contributed by atoms with Gasteiger partial charge in [-0.2, -0.15) is 0 Å². The van der Waals surface area contributed by atoms with Gasteiger partial charge in [0.25, 0.3) is 0 Å². The zero-order valence-corrected chi connectivity index (χ0v) is 8.50. The van der Waals surface area contributed by atoms with Crippen LogP contribution < -0.4 is 0 Å². The van der Waals surface area contributed by atoms with Crippen molar-refractivity contribution in [1.82, 2.24) is 0 Å². The summed E-state index contributed by atoms with van der Waals surface area (Å²) in [5, 5.41) is 8.40. The van der Waals surface area contributed by atoms with Crippen LogP contribution in [-0.4, -0.2) is 32.5 Å². The molecule has 48 valence electrons. The first-order chi connectivity index (χ1) is 4.29. The summed E-state index contributed by atoms with van der Waals surface area (Å²) >= 11 is -1.48. The average molecular weight is 228 g/mol. The molecule has 0 amide bonds. The van der Waals surface area contributed by atoms with Crippen LogP contribution in [0.1, 0.15) is 0 Å². The summed E-state index contributed by atoms with van der Waals surface area (Å²) in [5.41, 5.74) is 0. The fourth-order valence-corrected chi connectivity index (χ4v) is 7.29. The van der Waals surface area contributed by atoms with Gasteiger partial charge in [-0.15, -0.1) is 0 Å². The van der Waals surface area contributed by atoms with Gasteiger partial charge in [-0.05, 0) is 0 Å². The van der Waals surface area contributed by atoms with E-state index in [1.807, 2.05) is 0 Å². The molecule has 1 rings (SSSR count). The molecule has 0 aromatic carbocycles. The number of carbonyl (C=O) groups is 1. The van der Waals surface area contributed by atoms with Crippen LogP contribution in [0.5, 0.6) is 0 Å². The number of aliphatic carboxylic acids is 1. The molecule has 1 heterocycles. The van der Waals surface area contributed by atoms with Crippen LogP contribution in [0.2, 0.25) is 12.5 Å². The predicted molar refractivity (Wildman–Crippen MR) is 37.0 cm³/mol. The van der Waals surface area contributed by atoms with Crippen molar-refractivity contribution in [2.75, 3.05) is 0 Å². The Bertz CT molecular complexity index is 134. The number of allylic oxidation sites excluding steroid dienone is 2. The van der Waals surface area contributed by atoms with E-state index < -0.39 is 27.4 Å². The molecule has 1 aliphatic rings. The summed E-state index contributed by atoms with van der Waals surface area (Å²) in [6.07, 6.45) is 4.29. The molecule has 0 spiro atoms. The van der Waals surface area contributed by atoms with Gasteiger partial charge < -0.3 is 0 Å². The van der Waals surface area contributed by atoms with Crippen LogP contribution >= 0.6 is 0 Å². The molecule has 0 radical (unpaired) electrons. The molecule has 0 aromatic heterocycles. The molecule has 0 aliphatic carbocycles.